The van der Waals surface area contributed by atoms with Crippen LogP contribution in [0.4, 0.5) is 0 Å². The molecular weight excluding hydrogens is 306 g/mol. The molecule has 1 fully saturated rings. The number of carbonyl (C=O) groups is 2. The molecule has 1 aromatic rings. The van der Waals surface area contributed by atoms with Crippen LogP contribution in [0.2, 0.25) is 5.02 Å². The van der Waals surface area contributed by atoms with Crippen LogP contribution in [0.1, 0.15) is 24.4 Å². The Hall–Kier alpha value is -1.63. The smallest absolute Gasteiger partial charge is 0.251 e. The molecule has 1 heterocycles. The van der Waals surface area contributed by atoms with Gasteiger partial charge in [-0.1, -0.05) is 29.8 Å². The highest BCUT2D eigenvalue weighted by molar-refractivity contribution is 6.31. The lowest BCUT2D eigenvalue weighted by Crippen LogP contribution is -2.52. The molecule has 22 heavy (non-hydrogen) atoms. The topological polar surface area (TPSA) is 93.4 Å². The fourth-order valence-electron chi connectivity index (χ4n) is 2.33. The highest BCUT2D eigenvalue weighted by atomic mass is 35.5. The minimum atomic E-state index is -0.796. The van der Waals surface area contributed by atoms with Crippen LogP contribution in [-0.4, -0.2) is 37.6 Å². The monoisotopic (exact) mass is 325 g/mol. The lowest BCUT2D eigenvalue weighted by atomic mass is 9.99. The molecule has 0 bridgehead atoms. The van der Waals surface area contributed by atoms with Crippen LogP contribution >= 0.6 is 11.6 Å². The van der Waals surface area contributed by atoms with Gasteiger partial charge in [-0.2, -0.15) is 0 Å². The lowest BCUT2D eigenvalue weighted by molar-refractivity contribution is -0.148. The maximum absolute atomic E-state index is 12.3. The summed E-state index contributed by atoms with van der Waals surface area (Å²) in [5.74, 6) is -0.529. The van der Waals surface area contributed by atoms with Crippen molar-refractivity contribution >= 4 is 23.4 Å². The van der Waals surface area contributed by atoms with Crippen molar-refractivity contribution in [1.82, 2.24) is 10.6 Å². The Morgan fingerprint density at radius 1 is 1.41 bits per heavy atom. The van der Waals surface area contributed by atoms with E-state index in [4.69, 9.17) is 22.1 Å². The summed E-state index contributed by atoms with van der Waals surface area (Å²) in [7, 11) is 0. The van der Waals surface area contributed by atoms with Crippen LogP contribution in [0, 0.1) is 0 Å². The van der Waals surface area contributed by atoms with E-state index in [0.29, 0.717) is 23.7 Å². The van der Waals surface area contributed by atoms with Gasteiger partial charge in [0, 0.05) is 11.6 Å². The SMILES string of the molecule is NCCCCNC(=O)[C@H]1OCC(=O)N[C@@H]1c1ccccc1Cl. The zero-order valence-electron chi connectivity index (χ0n) is 12.2. The third-order valence-electron chi connectivity index (χ3n) is 3.44. The summed E-state index contributed by atoms with van der Waals surface area (Å²) in [5, 5.41) is 6.07. The van der Waals surface area contributed by atoms with E-state index in [2.05, 4.69) is 10.6 Å². The molecule has 1 aliphatic heterocycles. The summed E-state index contributed by atoms with van der Waals surface area (Å²) in [6.45, 7) is 0.981. The molecule has 0 unspecified atom stereocenters. The van der Waals surface area contributed by atoms with E-state index in [-0.39, 0.29) is 18.4 Å². The van der Waals surface area contributed by atoms with Gasteiger partial charge in [0.15, 0.2) is 6.10 Å². The highest BCUT2D eigenvalue weighted by Crippen LogP contribution is 2.28. The Labute approximate surface area is 134 Å². The lowest BCUT2D eigenvalue weighted by Gasteiger charge is -2.32. The number of hydrogen-bond acceptors (Lipinski definition) is 4. The van der Waals surface area contributed by atoms with Gasteiger partial charge in [-0.25, -0.2) is 0 Å². The predicted octanol–water partition coefficient (Wildman–Crippen LogP) is 0.751. The van der Waals surface area contributed by atoms with E-state index in [0.717, 1.165) is 12.8 Å². The zero-order chi connectivity index (χ0) is 15.9. The molecule has 2 rings (SSSR count). The number of amides is 2. The van der Waals surface area contributed by atoms with Crippen LogP contribution in [0.15, 0.2) is 24.3 Å². The number of nitrogens with one attached hydrogen (secondary N) is 2. The molecule has 0 spiro atoms. The summed E-state index contributed by atoms with van der Waals surface area (Å²) in [5.41, 5.74) is 6.08. The minimum absolute atomic E-state index is 0.137. The molecule has 0 aromatic heterocycles. The first-order valence-electron chi connectivity index (χ1n) is 7.26. The summed E-state index contributed by atoms with van der Waals surface area (Å²) in [4.78, 5) is 23.9. The van der Waals surface area contributed by atoms with Crippen molar-refractivity contribution in [2.45, 2.75) is 25.0 Å². The van der Waals surface area contributed by atoms with Gasteiger partial charge in [-0.15, -0.1) is 0 Å². The zero-order valence-corrected chi connectivity index (χ0v) is 12.9. The third kappa shape index (κ3) is 4.19. The van der Waals surface area contributed by atoms with Crippen LogP contribution in [0.5, 0.6) is 0 Å². The fourth-order valence-corrected chi connectivity index (χ4v) is 2.58. The second-order valence-corrected chi connectivity index (χ2v) is 5.49. The molecule has 1 aromatic carbocycles. The van der Waals surface area contributed by atoms with Crippen molar-refractivity contribution < 1.29 is 14.3 Å². The van der Waals surface area contributed by atoms with E-state index >= 15 is 0 Å². The molecule has 0 saturated carbocycles. The van der Waals surface area contributed by atoms with E-state index in [9.17, 15) is 9.59 Å². The molecule has 6 nitrogen and oxygen atoms in total. The van der Waals surface area contributed by atoms with Crippen molar-refractivity contribution in [2.24, 2.45) is 5.73 Å². The molecule has 7 heteroatoms. The molecule has 1 aliphatic rings. The molecule has 2 atom stereocenters. The summed E-state index contributed by atoms with van der Waals surface area (Å²) < 4.78 is 5.42. The molecular formula is C15H20ClN3O3. The van der Waals surface area contributed by atoms with Gasteiger partial charge in [0.05, 0.1) is 6.04 Å². The molecule has 0 radical (unpaired) electrons. The molecule has 2 amide bonds. The summed E-state index contributed by atoms with van der Waals surface area (Å²) in [6.07, 6.45) is 0.852. The van der Waals surface area contributed by atoms with Crippen LogP contribution < -0.4 is 16.4 Å². The van der Waals surface area contributed by atoms with Gasteiger partial charge in [0.25, 0.3) is 5.91 Å². The Morgan fingerprint density at radius 2 is 2.18 bits per heavy atom. The fraction of sp³-hybridized carbons (Fsp3) is 0.467. The van der Waals surface area contributed by atoms with Crippen molar-refractivity contribution in [3.63, 3.8) is 0 Å². The Kier molecular flexibility index (Phi) is 6.18. The van der Waals surface area contributed by atoms with Crippen molar-refractivity contribution in [3.05, 3.63) is 34.9 Å². The van der Waals surface area contributed by atoms with Crippen molar-refractivity contribution in [1.29, 1.82) is 0 Å². The molecule has 1 saturated heterocycles. The second-order valence-electron chi connectivity index (χ2n) is 5.09. The van der Waals surface area contributed by atoms with E-state index in [1.807, 2.05) is 0 Å². The van der Waals surface area contributed by atoms with Crippen LogP contribution in [0.25, 0.3) is 0 Å². The van der Waals surface area contributed by atoms with Crippen molar-refractivity contribution in [3.8, 4) is 0 Å². The highest BCUT2D eigenvalue weighted by Gasteiger charge is 2.36. The summed E-state index contributed by atoms with van der Waals surface area (Å²) in [6, 6.07) is 6.49. The predicted molar refractivity (Wildman–Crippen MR) is 83.4 cm³/mol. The van der Waals surface area contributed by atoms with E-state index in [1.54, 1.807) is 24.3 Å². The minimum Gasteiger partial charge on any atom is -0.356 e. The Balaban J connectivity index is 2.08. The standard InChI is InChI=1S/C15H20ClN3O3/c16-11-6-2-1-5-10(11)13-14(22-9-12(20)19-13)15(21)18-8-4-3-7-17/h1-2,5-6,13-14H,3-4,7-9,17H2,(H,18,21)(H,19,20)/t13-,14+/m1/s1. The number of benzene rings is 1. The van der Waals surface area contributed by atoms with E-state index < -0.39 is 12.1 Å². The third-order valence-corrected chi connectivity index (χ3v) is 3.79. The van der Waals surface area contributed by atoms with Gasteiger partial charge >= 0.3 is 0 Å². The maximum Gasteiger partial charge on any atom is 0.251 e. The number of carbonyl (C=O) groups excluding carboxylic acids is 2. The first kappa shape index (κ1) is 16.7. The van der Waals surface area contributed by atoms with Crippen LogP contribution in [-0.2, 0) is 14.3 Å². The van der Waals surface area contributed by atoms with Gasteiger partial charge in [-0.05, 0) is 31.0 Å². The molecule has 120 valence electrons. The number of nitrogens with two attached hydrogens (primary N) is 1. The average Bonchev–Trinajstić information content (AvgIpc) is 2.52. The maximum atomic E-state index is 12.3. The van der Waals surface area contributed by atoms with Gasteiger partial charge in [0.1, 0.15) is 6.61 Å². The summed E-state index contributed by atoms with van der Waals surface area (Å²) >= 11 is 6.17. The van der Waals surface area contributed by atoms with Gasteiger partial charge < -0.3 is 21.1 Å². The molecule has 0 aliphatic carbocycles. The quantitative estimate of drug-likeness (QED) is 0.673. The van der Waals surface area contributed by atoms with E-state index in [1.165, 1.54) is 0 Å². The van der Waals surface area contributed by atoms with Crippen molar-refractivity contribution in [2.75, 3.05) is 19.7 Å². The Bertz CT molecular complexity index is 539. The Morgan fingerprint density at radius 3 is 2.91 bits per heavy atom. The number of ether oxygens (including phenoxy) is 1. The number of rotatable bonds is 6. The van der Waals surface area contributed by atoms with Gasteiger partial charge in [0.2, 0.25) is 5.91 Å². The normalized spacial score (nSPS) is 21.3. The first-order valence-corrected chi connectivity index (χ1v) is 7.64. The average molecular weight is 326 g/mol. The molecule has 4 N–H and O–H groups in total. The van der Waals surface area contributed by atoms with Crippen LogP contribution in [0.3, 0.4) is 0 Å². The first-order chi connectivity index (χ1) is 10.6. The largest absolute Gasteiger partial charge is 0.356 e. The number of unbranched alkanes of at least 4 members (excludes halogenated alkanes) is 1. The number of hydrogen-bond donors (Lipinski definition) is 3. The number of morpholine rings is 1. The number of halogens is 1. The second kappa shape index (κ2) is 8.12. The van der Waals surface area contributed by atoms with Gasteiger partial charge in [-0.3, -0.25) is 9.59 Å².